The second-order valence-electron chi connectivity index (χ2n) is 9.03. The predicted molar refractivity (Wildman–Crippen MR) is 145 cm³/mol. The standard InChI is InChI=1S/C32H30N2O2/c1-2-34(32(35)36-23-24-12-6-3-7-13-24)30-21-27-18-19-29(20-28(27)22-30)33-31(25-14-8-4-9-15-25)26-16-10-5-11-17-26/h3-20,30H,2,21-23H2,1H3/t30-/m0/s1. The Labute approximate surface area is 212 Å². The van der Waals surface area contributed by atoms with Gasteiger partial charge >= 0.3 is 6.09 Å². The van der Waals surface area contributed by atoms with Crippen molar-refractivity contribution in [3.05, 3.63) is 137 Å². The van der Waals surface area contributed by atoms with Crippen LogP contribution in [0.15, 0.2) is 114 Å². The number of benzene rings is 4. The van der Waals surface area contributed by atoms with Crippen LogP contribution in [0.5, 0.6) is 0 Å². The second-order valence-corrected chi connectivity index (χ2v) is 9.03. The highest BCUT2D eigenvalue weighted by Gasteiger charge is 2.30. The van der Waals surface area contributed by atoms with Crippen LogP contribution >= 0.6 is 0 Å². The molecule has 4 nitrogen and oxygen atoms in total. The van der Waals surface area contributed by atoms with Gasteiger partial charge in [-0.1, -0.05) is 97.1 Å². The average Bonchev–Trinajstić information content (AvgIpc) is 3.35. The molecule has 0 bridgehead atoms. The maximum Gasteiger partial charge on any atom is 0.410 e. The smallest absolute Gasteiger partial charge is 0.410 e. The SMILES string of the molecule is CCN(C(=O)OCc1ccccc1)[C@H]1Cc2ccc(N=C(c3ccccc3)c3ccccc3)cc2C1. The van der Waals surface area contributed by atoms with E-state index < -0.39 is 0 Å². The molecule has 1 amide bonds. The van der Waals surface area contributed by atoms with Gasteiger partial charge in [0.1, 0.15) is 6.61 Å². The Morgan fingerprint density at radius 1 is 0.806 bits per heavy atom. The van der Waals surface area contributed by atoms with Gasteiger partial charge < -0.3 is 9.64 Å². The Bertz CT molecular complexity index is 1290. The van der Waals surface area contributed by atoms with Crippen LogP contribution in [-0.4, -0.2) is 29.3 Å². The zero-order valence-electron chi connectivity index (χ0n) is 20.5. The number of fused-ring (bicyclic) bond motifs is 1. The molecule has 5 rings (SSSR count). The van der Waals surface area contributed by atoms with Crippen molar-refractivity contribution in [2.45, 2.75) is 32.4 Å². The largest absolute Gasteiger partial charge is 0.445 e. The van der Waals surface area contributed by atoms with E-state index in [0.717, 1.165) is 40.9 Å². The van der Waals surface area contributed by atoms with Gasteiger partial charge in [-0.25, -0.2) is 9.79 Å². The number of aliphatic imine (C=N–C) groups is 1. The zero-order valence-corrected chi connectivity index (χ0v) is 20.5. The summed E-state index contributed by atoms with van der Waals surface area (Å²) in [6, 6.07) is 36.9. The molecule has 0 spiro atoms. The zero-order chi connectivity index (χ0) is 24.7. The van der Waals surface area contributed by atoms with Crippen LogP contribution in [0.25, 0.3) is 0 Å². The molecule has 1 aliphatic carbocycles. The molecule has 36 heavy (non-hydrogen) atoms. The molecule has 0 heterocycles. The summed E-state index contributed by atoms with van der Waals surface area (Å²) in [5.74, 6) is 0. The summed E-state index contributed by atoms with van der Waals surface area (Å²) in [5.41, 5.74) is 7.55. The van der Waals surface area contributed by atoms with E-state index in [1.807, 2.05) is 78.6 Å². The van der Waals surface area contributed by atoms with Gasteiger partial charge in [-0.05, 0) is 48.6 Å². The molecule has 0 radical (unpaired) electrons. The van der Waals surface area contributed by atoms with Crippen molar-refractivity contribution in [3.8, 4) is 0 Å². The molecule has 4 aromatic rings. The highest BCUT2D eigenvalue weighted by atomic mass is 16.6. The fraction of sp³-hybridized carbons (Fsp3) is 0.188. The van der Waals surface area contributed by atoms with E-state index in [9.17, 15) is 4.79 Å². The minimum absolute atomic E-state index is 0.0928. The van der Waals surface area contributed by atoms with Gasteiger partial charge in [0.05, 0.1) is 11.4 Å². The van der Waals surface area contributed by atoms with Gasteiger partial charge in [0, 0.05) is 23.7 Å². The summed E-state index contributed by atoms with van der Waals surface area (Å²) in [6.07, 6.45) is 1.38. The van der Waals surface area contributed by atoms with Crippen molar-refractivity contribution in [1.29, 1.82) is 0 Å². The van der Waals surface area contributed by atoms with Crippen LogP contribution in [0.4, 0.5) is 10.5 Å². The van der Waals surface area contributed by atoms with Crippen LogP contribution < -0.4 is 0 Å². The number of hydrogen-bond acceptors (Lipinski definition) is 3. The maximum absolute atomic E-state index is 12.9. The Morgan fingerprint density at radius 2 is 1.39 bits per heavy atom. The van der Waals surface area contributed by atoms with Crippen molar-refractivity contribution in [2.24, 2.45) is 4.99 Å². The van der Waals surface area contributed by atoms with Crippen molar-refractivity contribution in [2.75, 3.05) is 6.54 Å². The van der Waals surface area contributed by atoms with E-state index in [-0.39, 0.29) is 18.7 Å². The summed E-state index contributed by atoms with van der Waals surface area (Å²) in [5, 5.41) is 0. The first-order valence-corrected chi connectivity index (χ1v) is 12.5. The van der Waals surface area contributed by atoms with Crippen LogP contribution in [0.2, 0.25) is 0 Å². The van der Waals surface area contributed by atoms with E-state index in [1.165, 1.54) is 11.1 Å². The fourth-order valence-electron chi connectivity index (χ4n) is 4.83. The number of likely N-dealkylation sites (N-methyl/N-ethyl adjacent to an activating group) is 1. The molecule has 0 aliphatic heterocycles. The Hall–Kier alpha value is -4.18. The quantitative estimate of drug-likeness (QED) is 0.271. The first-order chi connectivity index (χ1) is 17.7. The monoisotopic (exact) mass is 474 g/mol. The molecular weight excluding hydrogens is 444 g/mol. The summed E-state index contributed by atoms with van der Waals surface area (Å²) in [7, 11) is 0. The summed E-state index contributed by atoms with van der Waals surface area (Å²) >= 11 is 0. The lowest BCUT2D eigenvalue weighted by Gasteiger charge is -2.26. The molecule has 180 valence electrons. The number of hydrogen-bond donors (Lipinski definition) is 0. The van der Waals surface area contributed by atoms with E-state index in [0.29, 0.717) is 6.54 Å². The predicted octanol–water partition coefficient (Wildman–Crippen LogP) is 6.98. The molecule has 4 aromatic carbocycles. The summed E-state index contributed by atoms with van der Waals surface area (Å²) in [4.78, 5) is 19.8. The molecule has 0 N–H and O–H groups in total. The fourth-order valence-corrected chi connectivity index (χ4v) is 4.83. The van der Waals surface area contributed by atoms with Crippen LogP contribution in [0, 0.1) is 0 Å². The third-order valence-corrected chi connectivity index (χ3v) is 6.66. The summed E-state index contributed by atoms with van der Waals surface area (Å²) in [6.45, 7) is 2.91. The lowest BCUT2D eigenvalue weighted by atomic mass is 10.0. The van der Waals surface area contributed by atoms with E-state index in [2.05, 4.69) is 42.5 Å². The van der Waals surface area contributed by atoms with E-state index in [4.69, 9.17) is 9.73 Å². The van der Waals surface area contributed by atoms with Gasteiger partial charge in [0.25, 0.3) is 0 Å². The maximum atomic E-state index is 12.9. The molecule has 0 saturated carbocycles. The molecule has 1 aliphatic rings. The molecular formula is C32H30N2O2. The van der Waals surface area contributed by atoms with Gasteiger partial charge in [0.15, 0.2) is 0 Å². The van der Waals surface area contributed by atoms with Gasteiger partial charge in [-0.15, -0.1) is 0 Å². The van der Waals surface area contributed by atoms with Gasteiger partial charge in [0.2, 0.25) is 0 Å². The Morgan fingerprint density at radius 3 is 2.00 bits per heavy atom. The lowest BCUT2D eigenvalue weighted by Crippen LogP contribution is -2.41. The van der Waals surface area contributed by atoms with Crippen molar-refractivity contribution in [1.82, 2.24) is 4.90 Å². The highest BCUT2D eigenvalue weighted by molar-refractivity contribution is 6.13. The molecule has 4 heteroatoms. The normalized spacial score (nSPS) is 14.1. The number of ether oxygens (including phenoxy) is 1. The molecule has 1 atom stereocenters. The Kier molecular flexibility index (Phi) is 7.23. The van der Waals surface area contributed by atoms with Crippen molar-refractivity contribution in [3.63, 3.8) is 0 Å². The molecule has 0 aromatic heterocycles. The number of amides is 1. The number of nitrogens with zero attached hydrogens (tertiary/aromatic N) is 2. The van der Waals surface area contributed by atoms with E-state index in [1.54, 1.807) is 0 Å². The first-order valence-electron chi connectivity index (χ1n) is 12.5. The number of rotatable bonds is 7. The van der Waals surface area contributed by atoms with Crippen LogP contribution in [0.1, 0.15) is 34.7 Å². The topological polar surface area (TPSA) is 41.9 Å². The van der Waals surface area contributed by atoms with E-state index >= 15 is 0 Å². The number of carbonyl (C=O) groups is 1. The third-order valence-electron chi connectivity index (χ3n) is 6.66. The Balaban J connectivity index is 1.34. The minimum atomic E-state index is -0.257. The van der Waals surface area contributed by atoms with Gasteiger partial charge in [-0.2, -0.15) is 0 Å². The second kappa shape index (κ2) is 11.0. The molecule has 0 saturated heterocycles. The van der Waals surface area contributed by atoms with Crippen LogP contribution in [0.3, 0.4) is 0 Å². The average molecular weight is 475 g/mol. The van der Waals surface area contributed by atoms with Crippen molar-refractivity contribution < 1.29 is 9.53 Å². The molecule has 0 fully saturated rings. The van der Waals surface area contributed by atoms with Gasteiger partial charge in [-0.3, -0.25) is 0 Å². The summed E-state index contributed by atoms with van der Waals surface area (Å²) < 4.78 is 5.63. The highest BCUT2D eigenvalue weighted by Crippen LogP contribution is 2.30. The van der Waals surface area contributed by atoms with Crippen molar-refractivity contribution >= 4 is 17.5 Å². The third kappa shape index (κ3) is 5.38. The number of carbonyl (C=O) groups excluding carboxylic acids is 1. The minimum Gasteiger partial charge on any atom is -0.445 e. The first kappa shape index (κ1) is 23.6. The lowest BCUT2D eigenvalue weighted by molar-refractivity contribution is 0.0840. The van der Waals surface area contributed by atoms with Crippen LogP contribution in [-0.2, 0) is 24.2 Å². The molecule has 0 unspecified atom stereocenters.